The van der Waals surface area contributed by atoms with Crippen LogP contribution in [0.3, 0.4) is 0 Å². The number of nitrogens with zero attached hydrogens (tertiary/aromatic N) is 2. The summed E-state index contributed by atoms with van der Waals surface area (Å²) in [7, 11) is 0. The van der Waals surface area contributed by atoms with Crippen LogP contribution in [0.5, 0.6) is 5.75 Å². The Balaban J connectivity index is 1.58. The zero-order valence-corrected chi connectivity index (χ0v) is 16.9. The molecule has 3 aromatic rings. The lowest BCUT2D eigenvalue weighted by molar-refractivity contribution is 0.0996. The van der Waals surface area contributed by atoms with E-state index in [4.69, 9.17) is 4.42 Å². The predicted octanol–water partition coefficient (Wildman–Crippen LogP) is 4.33. The van der Waals surface area contributed by atoms with Crippen molar-refractivity contribution in [2.24, 2.45) is 0 Å². The van der Waals surface area contributed by atoms with E-state index in [9.17, 15) is 14.7 Å². The summed E-state index contributed by atoms with van der Waals surface area (Å²) in [5, 5.41) is 20.6. The summed E-state index contributed by atoms with van der Waals surface area (Å²) in [6.45, 7) is 3.95. The molecule has 1 unspecified atom stereocenters. The second-order valence-electron chi connectivity index (χ2n) is 7.56. The number of amides is 2. The van der Waals surface area contributed by atoms with Gasteiger partial charge in [0.1, 0.15) is 5.75 Å². The molecule has 1 fully saturated rings. The molecule has 156 valence electrons. The quantitative estimate of drug-likeness (QED) is 0.562. The first-order valence-electron chi connectivity index (χ1n) is 10.0. The number of rotatable bonds is 6. The van der Waals surface area contributed by atoms with Gasteiger partial charge in [-0.25, -0.2) is 4.79 Å². The van der Waals surface area contributed by atoms with Gasteiger partial charge in [-0.1, -0.05) is 6.92 Å². The minimum atomic E-state index is -0.408. The standard InChI is InChI=1S/C22H24N4O4/c1-3-13(2)23-22(29)26-18(14-6-7-14)12-17(25-26)16-9-8-15(11-19(16)27)24-21(28)20-5-4-10-30-20/h4-5,8-14,27H,3,6-7H2,1-2H3,(H,23,29)(H,24,28). The fourth-order valence-corrected chi connectivity index (χ4v) is 3.16. The zero-order valence-electron chi connectivity index (χ0n) is 16.9. The monoisotopic (exact) mass is 408 g/mol. The smallest absolute Gasteiger partial charge is 0.342 e. The van der Waals surface area contributed by atoms with Crippen molar-refractivity contribution in [1.82, 2.24) is 15.1 Å². The van der Waals surface area contributed by atoms with Gasteiger partial charge in [0.25, 0.3) is 5.91 Å². The largest absolute Gasteiger partial charge is 0.507 e. The number of furan rings is 1. The number of carbonyl (C=O) groups excluding carboxylic acids is 2. The molecule has 8 nitrogen and oxygen atoms in total. The van der Waals surface area contributed by atoms with E-state index >= 15 is 0 Å². The van der Waals surface area contributed by atoms with Crippen molar-refractivity contribution < 1.29 is 19.1 Å². The van der Waals surface area contributed by atoms with Crippen LogP contribution in [0, 0.1) is 0 Å². The lowest BCUT2D eigenvalue weighted by Gasteiger charge is -2.12. The summed E-state index contributed by atoms with van der Waals surface area (Å²) < 4.78 is 6.48. The van der Waals surface area contributed by atoms with Gasteiger partial charge in [0, 0.05) is 29.3 Å². The molecule has 1 atom stereocenters. The number of phenolic OH excluding ortho intramolecular Hbond substituents is 1. The number of hydrogen-bond acceptors (Lipinski definition) is 5. The summed E-state index contributed by atoms with van der Waals surface area (Å²) in [5.74, 6) is 0.0392. The molecule has 30 heavy (non-hydrogen) atoms. The average Bonchev–Trinajstić information content (AvgIpc) is 3.24. The number of nitrogens with one attached hydrogen (secondary N) is 2. The van der Waals surface area contributed by atoms with Gasteiger partial charge < -0.3 is 20.2 Å². The molecule has 3 N–H and O–H groups in total. The first-order chi connectivity index (χ1) is 14.5. The molecule has 0 saturated heterocycles. The maximum atomic E-state index is 12.7. The summed E-state index contributed by atoms with van der Waals surface area (Å²) in [4.78, 5) is 24.8. The van der Waals surface area contributed by atoms with Crippen molar-refractivity contribution >= 4 is 17.6 Å². The molecule has 2 aromatic heterocycles. The highest BCUT2D eigenvalue weighted by Gasteiger charge is 2.31. The Hall–Kier alpha value is -3.55. The topological polar surface area (TPSA) is 109 Å². The van der Waals surface area contributed by atoms with Crippen LogP contribution in [-0.4, -0.2) is 32.9 Å². The van der Waals surface area contributed by atoms with Gasteiger partial charge in [-0.2, -0.15) is 9.78 Å². The van der Waals surface area contributed by atoms with Crippen LogP contribution in [0.2, 0.25) is 0 Å². The second kappa shape index (κ2) is 8.06. The molecule has 0 aliphatic heterocycles. The minimum Gasteiger partial charge on any atom is -0.507 e. The SMILES string of the molecule is CCC(C)NC(=O)n1nc(-c2ccc(NC(=O)c3ccco3)cc2O)cc1C1CC1. The number of phenols is 1. The molecular weight excluding hydrogens is 384 g/mol. The molecule has 2 amide bonds. The van der Waals surface area contributed by atoms with Crippen LogP contribution in [0.15, 0.2) is 47.1 Å². The van der Waals surface area contributed by atoms with E-state index in [0.29, 0.717) is 22.9 Å². The van der Waals surface area contributed by atoms with Crippen molar-refractivity contribution in [3.63, 3.8) is 0 Å². The molecule has 0 bridgehead atoms. The Morgan fingerprint density at radius 2 is 2.10 bits per heavy atom. The fourth-order valence-electron chi connectivity index (χ4n) is 3.16. The molecule has 1 aliphatic rings. The van der Waals surface area contributed by atoms with Gasteiger partial charge >= 0.3 is 6.03 Å². The third-order valence-corrected chi connectivity index (χ3v) is 5.18. The van der Waals surface area contributed by atoms with E-state index in [1.54, 1.807) is 24.3 Å². The predicted molar refractivity (Wildman–Crippen MR) is 112 cm³/mol. The number of aromatic hydroxyl groups is 1. The van der Waals surface area contributed by atoms with Crippen LogP contribution in [-0.2, 0) is 0 Å². The number of benzene rings is 1. The highest BCUT2D eigenvalue weighted by atomic mass is 16.3. The summed E-state index contributed by atoms with van der Waals surface area (Å²) in [6.07, 6.45) is 4.28. The second-order valence-corrected chi connectivity index (χ2v) is 7.56. The summed E-state index contributed by atoms with van der Waals surface area (Å²) in [6, 6.07) is 9.60. The van der Waals surface area contributed by atoms with Crippen molar-refractivity contribution in [1.29, 1.82) is 0 Å². The van der Waals surface area contributed by atoms with Gasteiger partial charge in [-0.05, 0) is 56.5 Å². The Bertz CT molecular complexity index is 1070. The maximum absolute atomic E-state index is 12.7. The van der Waals surface area contributed by atoms with Gasteiger partial charge in [-0.3, -0.25) is 4.79 Å². The van der Waals surface area contributed by atoms with Crippen LogP contribution in [0.25, 0.3) is 11.3 Å². The zero-order chi connectivity index (χ0) is 21.3. The lowest BCUT2D eigenvalue weighted by Crippen LogP contribution is -2.36. The van der Waals surface area contributed by atoms with Crippen LogP contribution in [0.4, 0.5) is 10.5 Å². The number of aromatic nitrogens is 2. The highest BCUT2D eigenvalue weighted by Crippen LogP contribution is 2.42. The molecule has 0 radical (unpaired) electrons. The Morgan fingerprint density at radius 3 is 2.73 bits per heavy atom. The van der Waals surface area contributed by atoms with Gasteiger partial charge in [0.2, 0.25) is 0 Å². The van der Waals surface area contributed by atoms with E-state index < -0.39 is 5.91 Å². The van der Waals surface area contributed by atoms with E-state index in [-0.39, 0.29) is 23.6 Å². The van der Waals surface area contributed by atoms with Crippen LogP contribution in [0.1, 0.15) is 55.3 Å². The van der Waals surface area contributed by atoms with Crippen molar-refractivity contribution in [2.45, 2.75) is 45.1 Å². The summed E-state index contributed by atoms with van der Waals surface area (Å²) in [5.41, 5.74) is 2.27. The van der Waals surface area contributed by atoms with Crippen molar-refractivity contribution in [3.05, 3.63) is 54.1 Å². The third-order valence-electron chi connectivity index (χ3n) is 5.18. The van der Waals surface area contributed by atoms with Gasteiger partial charge in [0.15, 0.2) is 5.76 Å². The molecule has 1 aliphatic carbocycles. The third kappa shape index (κ3) is 4.07. The number of carbonyl (C=O) groups is 2. The van der Waals surface area contributed by atoms with E-state index in [0.717, 1.165) is 25.0 Å². The van der Waals surface area contributed by atoms with E-state index in [1.165, 1.54) is 17.0 Å². The molecule has 1 saturated carbocycles. The first kappa shape index (κ1) is 19.8. The van der Waals surface area contributed by atoms with Gasteiger partial charge in [-0.15, -0.1) is 0 Å². The first-order valence-corrected chi connectivity index (χ1v) is 10.0. The summed E-state index contributed by atoms with van der Waals surface area (Å²) >= 11 is 0. The minimum absolute atomic E-state index is 0.0402. The number of hydrogen-bond donors (Lipinski definition) is 3. The van der Waals surface area contributed by atoms with Crippen LogP contribution >= 0.6 is 0 Å². The highest BCUT2D eigenvalue weighted by molar-refractivity contribution is 6.02. The Labute approximate surface area is 173 Å². The average molecular weight is 408 g/mol. The van der Waals surface area contributed by atoms with Gasteiger partial charge in [0.05, 0.1) is 17.7 Å². The van der Waals surface area contributed by atoms with Crippen molar-refractivity contribution in [2.75, 3.05) is 5.32 Å². The molecule has 0 spiro atoms. The lowest BCUT2D eigenvalue weighted by atomic mass is 10.1. The maximum Gasteiger partial charge on any atom is 0.342 e. The van der Waals surface area contributed by atoms with Crippen LogP contribution < -0.4 is 10.6 Å². The Kier molecular flexibility index (Phi) is 5.31. The number of anilines is 1. The normalized spacial score (nSPS) is 14.3. The van der Waals surface area contributed by atoms with E-state index in [1.807, 2.05) is 19.9 Å². The molecule has 8 heteroatoms. The molecule has 2 heterocycles. The Morgan fingerprint density at radius 1 is 1.30 bits per heavy atom. The molecular formula is C22H24N4O4. The molecule has 1 aromatic carbocycles. The fraction of sp³-hybridized carbons (Fsp3) is 0.318. The van der Waals surface area contributed by atoms with Crippen molar-refractivity contribution in [3.8, 4) is 17.0 Å². The van der Waals surface area contributed by atoms with E-state index in [2.05, 4.69) is 15.7 Å². The molecule has 4 rings (SSSR count).